The summed E-state index contributed by atoms with van der Waals surface area (Å²) in [7, 11) is 0. The Balaban J connectivity index is 1.48. The van der Waals surface area contributed by atoms with Gasteiger partial charge >= 0.3 is 0 Å². The summed E-state index contributed by atoms with van der Waals surface area (Å²) in [5.41, 5.74) is 1.28. The molecule has 2 aromatic rings. The van der Waals surface area contributed by atoms with Gasteiger partial charge in [0.2, 0.25) is 0 Å². The molecule has 114 valence electrons. The summed E-state index contributed by atoms with van der Waals surface area (Å²) >= 11 is 1.79. The number of aliphatic hydroxyl groups excluding tert-OH is 1. The zero-order chi connectivity index (χ0) is 14.5. The normalized spacial score (nSPS) is 17.4. The molecule has 2 heterocycles. The van der Waals surface area contributed by atoms with E-state index < -0.39 is 0 Å². The highest BCUT2D eigenvalue weighted by atomic mass is 32.1. The van der Waals surface area contributed by atoms with Gasteiger partial charge in [0.15, 0.2) is 0 Å². The van der Waals surface area contributed by atoms with E-state index in [1.54, 1.807) is 11.3 Å². The van der Waals surface area contributed by atoms with Gasteiger partial charge in [-0.1, -0.05) is 18.9 Å². The average molecular weight is 304 g/mol. The van der Waals surface area contributed by atoms with E-state index in [9.17, 15) is 5.11 Å². The minimum Gasteiger partial charge on any atom is -0.392 e. The van der Waals surface area contributed by atoms with Crippen LogP contribution in [0.4, 0.5) is 0 Å². The van der Waals surface area contributed by atoms with E-state index in [-0.39, 0.29) is 6.10 Å². The van der Waals surface area contributed by atoms with Crippen molar-refractivity contribution < 1.29 is 5.11 Å². The zero-order valence-corrected chi connectivity index (χ0v) is 13.2. The molecule has 1 aliphatic carbocycles. The van der Waals surface area contributed by atoms with Crippen molar-refractivity contribution in [1.29, 1.82) is 0 Å². The van der Waals surface area contributed by atoms with Gasteiger partial charge in [0.25, 0.3) is 0 Å². The molecular formula is C17H24N2OS. The summed E-state index contributed by atoms with van der Waals surface area (Å²) in [5, 5.41) is 15.7. The maximum absolute atomic E-state index is 10.2. The second-order valence-electron chi connectivity index (χ2n) is 5.95. The molecule has 0 amide bonds. The molecule has 1 unspecified atom stereocenters. The second-order valence-corrected chi connectivity index (χ2v) is 6.98. The van der Waals surface area contributed by atoms with E-state index in [1.165, 1.54) is 36.3 Å². The lowest BCUT2D eigenvalue weighted by molar-refractivity contribution is 0.109. The Kier molecular flexibility index (Phi) is 5.12. The first-order valence-electron chi connectivity index (χ1n) is 7.88. The first-order valence-corrected chi connectivity index (χ1v) is 8.76. The number of rotatable bonds is 7. The molecule has 3 nitrogen and oxygen atoms in total. The first-order chi connectivity index (χ1) is 10.3. The van der Waals surface area contributed by atoms with E-state index in [4.69, 9.17) is 0 Å². The molecule has 2 aromatic heterocycles. The number of nitrogens with one attached hydrogen (secondary N) is 1. The third-order valence-corrected chi connectivity index (χ3v) is 5.29. The predicted octanol–water partition coefficient (Wildman–Crippen LogP) is 3.24. The Labute approximate surface area is 130 Å². The molecule has 1 atom stereocenters. The Morgan fingerprint density at radius 2 is 2.14 bits per heavy atom. The van der Waals surface area contributed by atoms with Crippen molar-refractivity contribution in [3.8, 4) is 0 Å². The number of aliphatic hydroxyl groups is 1. The van der Waals surface area contributed by atoms with E-state index in [1.807, 2.05) is 0 Å². The summed E-state index contributed by atoms with van der Waals surface area (Å²) in [5.74, 6) is 0.510. The minimum absolute atomic E-state index is 0.187. The molecule has 0 saturated heterocycles. The van der Waals surface area contributed by atoms with Crippen LogP contribution in [0.15, 0.2) is 35.8 Å². The number of hydrogen-bond acceptors (Lipinski definition) is 3. The van der Waals surface area contributed by atoms with Gasteiger partial charge < -0.3 is 15.0 Å². The molecule has 0 radical (unpaired) electrons. The molecule has 0 aliphatic heterocycles. The lowest BCUT2D eigenvalue weighted by Gasteiger charge is -2.18. The molecule has 1 saturated carbocycles. The van der Waals surface area contributed by atoms with Gasteiger partial charge in [-0.05, 0) is 42.3 Å². The SMILES string of the molecule is OC(CNCc1cccn1Cc1cccs1)C1CCCC1. The van der Waals surface area contributed by atoms with E-state index >= 15 is 0 Å². The lowest BCUT2D eigenvalue weighted by Crippen LogP contribution is -2.32. The minimum atomic E-state index is -0.187. The molecule has 1 fully saturated rings. The van der Waals surface area contributed by atoms with Crippen LogP contribution in [0.5, 0.6) is 0 Å². The third kappa shape index (κ3) is 3.96. The number of aromatic nitrogens is 1. The lowest BCUT2D eigenvalue weighted by atomic mass is 10.0. The van der Waals surface area contributed by atoms with E-state index in [0.717, 1.165) is 13.1 Å². The number of thiophene rings is 1. The van der Waals surface area contributed by atoms with Crippen LogP contribution in [-0.4, -0.2) is 22.3 Å². The summed E-state index contributed by atoms with van der Waals surface area (Å²) < 4.78 is 2.28. The first kappa shape index (κ1) is 14.8. The molecule has 0 spiro atoms. The van der Waals surface area contributed by atoms with Crippen LogP contribution in [-0.2, 0) is 13.1 Å². The molecule has 4 heteroatoms. The fraction of sp³-hybridized carbons (Fsp3) is 0.529. The van der Waals surface area contributed by atoms with Crippen molar-refractivity contribution in [2.75, 3.05) is 6.54 Å². The van der Waals surface area contributed by atoms with Crippen molar-refractivity contribution in [3.63, 3.8) is 0 Å². The zero-order valence-electron chi connectivity index (χ0n) is 12.4. The van der Waals surface area contributed by atoms with E-state index in [0.29, 0.717) is 12.5 Å². The molecule has 0 bridgehead atoms. The average Bonchev–Trinajstić information content (AvgIpc) is 3.21. The summed E-state index contributed by atoms with van der Waals surface area (Å²) in [6.07, 6.45) is 6.89. The number of hydrogen-bond donors (Lipinski definition) is 2. The molecule has 1 aliphatic rings. The van der Waals surface area contributed by atoms with Crippen LogP contribution in [0.2, 0.25) is 0 Å². The van der Waals surface area contributed by atoms with Gasteiger partial charge in [0.1, 0.15) is 0 Å². The highest BCUT2D eigenvalue weighted by molar-refractivity contribution is 7.09. The standard InChI is InChI=1S/C17H24N2OS/c20-17(14-5-1-2-6-14)12-18-11-15-7-3-9-19(15)13-16-8-4-10-21-16/h3-4,7-10,14,17-18,20H,1-2,5-6,11-13H2. The summed E-state index contributed by atoms with van der Waals surface area (Å²) in [4.78, 5) is 1.37. The maximum atomic E-state index is 10.2. The largest absolute Gasteiger partial charge is 0.392 e. The molecule has 21 heavy (non-hydrogen) atoms. The topological polar surface area (TPSA) is 37.2 Å². The fourth-order valence-electron chi connectivity index (χ4n) is 3.19. The highest BCUT2D eigenvalue weighted by Crippen LogP contribution is 2.27. The smallest absolute Gasteiger partial charge is 0.0692 e. The summed E-state index contributed by atoms with van der Waals surface area (Å²) in [6, 6.07) is 8.52. The molecule has 3 rings (SSSR count). The molecular weight excluding hydrogens is 280 g/mol. The van der Waals surface area contributed by atoms with Crippen molar-refractivity contribution in [3.05, 3.63) is 46.4 Å². The Bertz CT molecular complexity index is 529. The fourth-order valence-corrected chi connectivity index (χ4v) is 3.89. The Morgan fingerprint density at radius 3 is 2.90 bits per heavy atom. The van der Waals surface area contributed by atoms with Crippen molar-refractivity contribution in [2.24, 2.45) is 5.92 Å². The van der Waals surface area contributed by atoms with E-state index in [2.05, 4.69) is 45.7 Å². The van der Waals surface area contributed by atoms with Gasteiger partial charge in [0.05, 0.1) is 12.6 Å². The van der Waals surface area contributed by atoms with Gasteiger partial charge in [-0.2, -0.15) is 0 Å². The van der Waals surface area contributed by atoms with Gasteiger partial charge in [-0.25, -0.2) is 0 Å². The molecule has 0 aromatic carbocycles. The Hall–Kier alpha value is -1.10. The van der Waals surface area contributed by atoms with Crippen molar-refractivity contribution in [2.45, 2.75) is 44.9 Å². The predicted molar refractivity (Wildman–Crippen MR) is 87.5 cm³/mol. The number of nitrogens with zero attached hydrogens (tertiary/aromatic N) is 1. The van der Waals surface area contributed by atoms with Gasteiger partial charge in [0, 0.05) is 29.9 Å². The van der Waals surface area contributed by atoms with Crippen molar-refractivity contribution in [1.82, 2.24) is 9.88 Å². The Morgan fingerprint density at radius 1 is 1.29 bits per heavy atom. The van der Waals surface area contributed by atoms with Gasteiger partial charge in [-0.15, -0.1) is 11.3 Å². The third-order valence-electron chi connectivity index (χ3n) is 4.43. The van der Waals surface area contributed by atoms with Crippen LogP contribution in [0.3, 0.4) is 0 Å². The monoisotopic (exact) mass is 304 g/mol. The second kappa shape index (κ2) is 7.25. The van der Waals surface area contributed by atoms with Crippen LogP contribution < -0.4 is 5.32 Å². The van der Waals surface area contributed by atoms with Crippen LogP contribution in [0.1, 0.15) is 36.3 Å². The quantitative estimate of drug-likeness (QED) is 0.824. The van der Waals surface area contributed by atoms with Crippen molar-refractivity contribution >= 4 is 11.3 Å². The van der Waals surface area contributed by atoms with Crippen LogP contribution in [0, 0.1) is 5.92 Å². The highest BCUT2D eigenvalue weighted by Gasteiger charge is 2.22. The molecule has 2 N–H and O–H groups in total. The maximum Gasteiger partial charge on any atom is 0.0692 e. The van der Waals surface area contributed by atoms with Crippen LogP contribution >= 0.6 is 11.3 Å². The summed E-state index contributed by atoms with van der Waals surface area (Å²) in [6.45, 7) is 2.46. The van der Waals surface area contributed by atoms with Crippen LogP contribution in [0.25, 0.3) is 0 Å². The van der Waals surface area contributed by atoms with Gasteiger partial charge in [-0.3, -0.25) is 0 Å².